The van der Waals surface area contributed by atoms with Crippen LogP contribution in [0.4, 0.5) is 10.1 Å². The third-order valence-electron chi connectivity index (χ3n) is 8.14. The molecule has 2 fully saturated rings. The van der Waals surface area contributed by atoms with Gasteiger partial charge in [-0.15, -0.1) is 0 Å². The van der Waals surface area contributed by atoms with E-state index in [9.17, 15) is 14.0 Å². The van der Waals surface area contributed by atoms with E-state index in [2.05, 4.69) is 25.9 Å². The van der Waals surface area contributed by atoms with Crippen molar-refractivity contribution in [3.8, 4) is 22.4 Å². The summed E-state index contributed by atoms with van der Waals surface area (Å²) < 4.78 is 16.7. The molecule has 0 saturated heterocycles. The smallest absolute Gasteiger partial charge is 0.258 e. The number of aryl methyl sites for hydroxylation is 2. The van der Waals surface area contributed by atoms with Gasteiger partial charge in [0.15, 0.2) is 5.67 Å². The largest absolute Gasteiger partial charge is 0.341 e. The fraction of sp³-hybridized carbons (Fsp3) is 0.355. The first-order valence-corrected chi connectivity index (χ1v) is 14.3. The van der Waals surface area contributed by atoms with Gasteiger partial charge in [0.25, 0.3) is 5.91 Å². The number of benzene rings is 2. The van der Waals surface area contributed by atoms with Crippen LogP contribution >= 0.6 is 11.6 Å². The number of anilines is 1. The average molecular weight is 575 g/mol. The van der Waals surface area contributed by atoms with Crippen molar-refractivity contribution in [2.45, 2.75) is 70.1 Å². The van der Waals surface area contributed by atoms with Crippen molar-refractivity contribution < 1.29 is 14.0 Å². The molecule has 2 aromatic carbocycles. The van der Waals surface area contributed by atoms with Crippen LogP contribution in [0, 0.1) is 13.8 Å². The number of nitrogens with zero attached hydrogens (tertiary/aromatic N) is 3. The lowest BCUT2D eigenvalue weighted by molar-refractivity contribution is -0.131. The number of hydrogen-bond donors (Lipinski definition) is 3. The summed E-state index contributed by atoms with van der Waals surface area (Å²) in [5.41, 5.74) is 5.04. The van der Waals surface area contributed by atoms with E-state index in [1.54, 1.807) is 24.4 Å². The molecule has 0 radical (unpaired) electrons. The Morgan fingerprint density at radius 3 is 2.49 bits per heavy atom. The van der Waals surface area contributed by atoms with E-state index >= 15 is 0 Å². The maximum Gasteiger partial charge on any atom is 0.258 e. The number of rotatable bonds is 9. The predicted molar refractivity (Wildman–Crippen MR) is 156 cm³/mol. The SMILES string of the molecule is Cc1n[nH]c(C)c1-c1ccc(NC(=O)[C@H](Cc2cc(-c3ccnn3C3CCC3)ccc2Cl)NC(=O)C2(F)CC2)cc1. The van der Waals surface area contributed by atoms with Gasteiger partial charge in [0.05, 0.1) is 17.4 Å². The van der Waals surface area contributed by atoms with Gasteiger partial charge in [-0.05, 0) is 87.4 Å². The minimum atomic E-state index is -1.92. The standard InChI is InChI=1S/C31H32ClFN6O2/c1-18-28(19(2)38-37-18)20-6-9-23(10-7-20)35-29(40)26(36-30(41)31(33)13-14-31)17-22-16-21(8-11-25(22)32)27-12-15-34-39(27)24-4-3-5-24/h6-12,15-16,24,26H,3-5,13-14,17H2,1-2H3,(H,35,40)(H,36,41)(H,37,38)/t26-/m0/s1. The Morgan fingerprint density at radius 1 is 1.12 bits per heavy atom. The molecule has 0 bridgehead atoms. The number of H-pyrrole nitrogens is 1. The van der Waals surface area contributed by atoms with Crippen LogP contribution in [0.1, 0.15) is 55.1 Å². The van der Waals surface area contributed by atoms with Crippen molar-refractivity contribution in [3.63, 3.8) is 0 Å². The summed E-state index contributed by atoms with van der Waals surface area (Å²) in [6.07, 6.45) is 5.57. The van der Waals surface area contributed by atoms with Crippen LogP contribution < -0.4 is 10.6 Å². The van der Waals surface area contributed by atoms with Gasteiger partial charge in [-0.2, -0.15) is 10.2 Å². The highest BCUT2D eigenvalue weighted by Gasteiger charge is 2.51. The molecule has 4 aromatic rings. The molecule has 0 spiro atoms. The lowest BCUT2D eigenvalue weighted by Gasteiger charge is -2.27. The summed E-state index contributed by atoms with van der Waals surface area (Å²) in [5.74, 6) is -1.22. The maximum absolute atomic E-state index is 14.6. The van der Waals surface area contributed by atoms with Crippen LogP contribution in [0.3, 0.4) is 0 Å². The monoisotopic (exact) mass is 574 g/mol. The lowest BCUT2D eigenvalue weighted by atomic mass is 9.92. The molecule has 2 saturated carbocycles. The molecule has 41 heavy (non-hydrogen) atoms. The van der Waals surface area contributed by atoms with Gasteiger partial charge >= 0.3 is 0 Å². The summed E-state index contributed by atoms with van der Waals surface area (Å²) in [7, 11) is 0. The van der Waals surface area contributed by atoms with Crippen molar-refractivity contribution in [2.24, 2.45) is 0 Å². The highest BCUT2D eigenvalue weighted by atomic mass is 35.5. The number of nitrogens with one attached hydrogen (secondary N) is 3. The molecule has 2 aliphatic carbocycles. The fourth-order valence-corrected chi connectivity index (χ4v) is 5.53. The molecule has 1 atom stereocenters. The molecule has 8 nitrogen and oxygen atoms in total. The van der Waals surface area contributed by atoms with Crippen molar-refractivity contribution in [2.75, 3.05) is 5.32 Å². The van der Waals surface area contributed by atoms with Crippen LogP contribution in [0.2, 0.25) is 5.02 Å². The third-order valence-corrected chi connectivity index (χ3v) is 8.51. The first-order chi connectivity index (χ1) is 19.7. The quantitative estimate of drug-likeness (QED) is 0.224. The highest BCUT2D eigenvalue weighted by molar-refractivity contribution is 6.31. The Balaban J connectivity index is 1.24. The van der Waals surface area contributed by atoms with E-state index in [1.807, 2.05) is 48.9 Å². The Labute approximate surface area is 242 Å². The first kappa shape index (κ1) is 27.2. The maximum atomic E-state index is 14.6. The average Bonchev–Trinajstić information content (AvgIpc) is 3.35. The van der Waals surface area contributed by atoms with E-state index in [4.69, 9.17) is 11.6 Å². The van der Waals surface area contributed by atoms with E-state index in [0.717, 1.165) is 46.6 Å². The Kier molecular flexibility index (Phi) is 7.15. The van der Waals surface area contributed by atoms with Crippen LogP contribution in [-0.4, -0.2) is 43.5 Å². The Hall–Kier alpha value is -3.98. The molecule has 212 valence electrons. The molecule has 0 unspecified atom stereocenters. The van der Waals surface area contributed by atoms with E-state index in [-0.39, 0.29) is 19.3 Å². The topological polar surface area (TPSA) is 105 Å². The van der Waals surface area contributed by atoms with E-state index in [1.165, 1.54) is 6.42 Å². The molecule has 3 N–H and O–H groups in total. The number of carbonyl (C=O) groups is 2. The second-order valence-electron chi connectivity index (χ2n) is 11.1. The molecule has 2 aromatic heterocycles. The van der Waals surface area contributed by atoms with Crippen LogP contribution in [-0.2, 0) is 16.0 Å². The summed E-state index contributed by atoms with van der Waals surface area (Å²) in [6.45, 7) is 3.89. The van der Waals surface area contributed by atoms with Crippen LogP contribution in [0.15, 0.2) is 54.7 Å². The Morgan fingerprint density at radius 2 is 1.85 bits per heavy atom. The van der Waals surface area contributed by atoms with Crippen LogP contribution in [0.5, 0.6) is 0 Å². The zero-order chi connectivity index (χ0) is 28.7. The Bertz CT molecular complexity index is 1580. The number of carbonyl (C=O) groups excluding carboxylic acids is 2. The van der Waals surface area contributed by atoms with Crippen molar-refractivity contribution in [1.82, 2.24) is 25.3 Å². The number of halogens is 2. The molecule has 6 rings (SSSR count). The summed E-state index contributed by atoms with van der Waals surface area (Å²) >= 11 is 6.59. The summed E-state index contributed by atoms with van der Waals surface area (Å²) in [6, 6.07) is 14.4. The highest BCUT2D eigenvalue weighted by Crippen LogP contribution is 2.40. The molecule has 2 heterocycles. The molecular formula is C31H32ClFN6O2. The minimum Gasteiger partial charge on any atom is -0.341 e. The molecule has 2 aliphatic rings. The number of alkyl halides is 1. The normalized spacial score (nSPS) is 16.6. The first-order valence-electron chi connectivity index (χ1n) is 14.0. The molecular weight excluding hydrogens is 543 g/mol. The lowest BCUT2D eigenvalue weighted by Crippen LogP contribution is -2.48. The molecule has 10 heteroatoms. The van der Waals surface area contributed by atoms with Gasteiger partial charge in [0.1, 0.15) is 6.04 Å². The summed E-state index contributed by atoms with van der Waals surface area (Å²) in [5, 5.41) is 17.8. The second kappa shape index (κ2) is 10.8. The van der Waals surface area contributed by atoms with Crippen molar-refractivity contribution in [3.05, 3.63) is 76.7 Å². The van der Waals surface area contributed by atoms with Crippen LogP contribution in [0.25, 0.3) is 22.4 Å². The van der Waals surface area contributed by atoms with E-state index < -0.39 is 23.5 Å². The number of aromatic amines is 1. The second-order valence-corrected chi connectivity index (χ2v) is 11.5. The van der Waals surface area contributed by atoms with Gasteiger partial charge in [0, 0.05) is 40.1 Å². The van der Waals surface area contributed by atoms with Gasteiger partial charge < -0.3 is 10.6 Å². The minimum absolute atomic E-state index is 0.101. The molecule has 0 aliphatic heterocycles. The van der Waals surface area contributed by atoms with E-state index in [0.29, 0.717) is 22.3 Å². The predicted octanol–water partition coefficient (Wildman–Crippen LogP) is 6.10. The molecule has 2 amide bonds. The number of aromatic nitrogens is 4. The van der Waals surface area contributed by atoms with Gasteiger partial charge in [-0.3, -0.25) is 19.4 Å². The number of hydrogen-bond acceptors (Lipinski definition) is 4. The van der Waals surface area contributed by atoms with Gasteiger partial charge in [-0.25, -0.2) is 4.39 Å². The van der Waals surface area contributed by atoms with Crippen molar-refractivity contribution >= 4 is 29.1 Å². The van der Waals surface area contributed by atoms with Crippen molar-refractivity contribution in [1.29, 1.82) is 0 Å². The number of amides is 2. The zero-order valence-corrected chi connectivity index (χ0v) is 23.8. The zero-order valence-electron chi connectivity index (χ0n) is 23.0. The van der Waals surface area contributed by atoms with Gasteiger partial charge in [0.2, 0.25) is 5.91 Å². The third kappa shape index (κ3) is 5.51. The van der Waals surface area contributed by atoms with Gasteiger partial charge in [-0.1, -0.05) is 29.8 Å². The summed E-state index contributed by atoms with van der Waals surface area (Å²) in [4.78, 5) is 26.2. The fourth-order valence-electron chi connectivity index (χ4n) is 5.33.